The van der Waals surface area contributed by atoms with E-state index in [9.17, 15) is 14.9 Å². The molecular weight excluding hydrogens is 370 g/mol. The van der Waals surface area contributed by atoms with Gasteiger partial charge in [-0.15, -0.1) is 18.3 Å². The number of carbonyl (C=O) groups is 1. The molecule has 1 aromatic heterocycles. The van der Waals surface area contributed by atoms with Crippen molar-refractivity contribution in [2.24, 2.45) is 4.99 Å². The van der Waals surface area contributed by atoms with Crippen LogP contribution in [0.1, 0.15) is 10.4 Å². The molecule has 1 heterocycles. The van der Waals surface area contributed by atoms with E-state index in [1.165, 1.54) is 35.2 Å². The Hall–Kier alpha value is -2.71. The van der Waals surface area contributed by atoms with Crippen molar-refractivity contribution >= 4 is 44.9 Å². The van der Waals surface area contributed by atoms with Crippen LogP contribution in [0.25, 0.3) is 10.2 Å². The Morgan fingerprint density at radius 1 is 1.38 bits per heavy atom. The van der Waals surface area contributed by atoms with Gasteiger partial charge in [-0.1, -0.05) is 29.5 Å². The highest BCUT2D eigenvalue weighted by Crippen LogP contribution is 2.24. The number of non-ortho nitro benzene ring substituents is 1. The van der Waals surface area contributed by atoms with Crippen molar-refractivity contribution in [2.75, 3.05) is 6.26 Å². The third-order valence-electron chi connectivity index (χ3n) is 3.72. The molecule has 0 aliphatic rings. The number of amides is 1. The number of rotatable bonds is 5. The van der Waals surface area contributed by atoms with E-state index in [-0.39, 0.29) is 11.6 Å². The van der Waals surface area contributed by atoms with Crippen LogP contribution in [-0.2, 0) is 6.54 Å². The van der Waals surface area contributed by atoms with Gasteiger partial charge in [0.25, 0.3) is 11.6 Å². The van der Waals surface area contributed by atoms with Crippen LogP contribution in [0.4, 0.5) is 5.69 Å². The van der Waals surface area contributed by atoms with Crippen molar-refractivity contribution < 1.29 is 9.72 Å². The number of nitrogens with zero attached hydrogens (tertiary/aromatic N) is 3. The molecule has 2 aromatic carbocycles. The third-order valence-corrected chi connectivity index (χ3v) is 5.56. The smallest absolute Gasteiger partial charge is 0.280 e. The minimum atomic E-state index is -0.437. The summed E-state index contributed by atoms with van der Waals surface area (Å²) < 4.78 is 2.53. The molecule has 8 heteroatoms. The molecule has 0 fully saturated rings. The quantitative estimate of drug-likeness (QED) is 0.285. The van der Waals surface area contributed by atoms with Gasteiger partial charge in [0, 0.05) is 23.6 Å². The first-order chi connectivity index (χ1) is 12.5. The predicted octanol–water partition coefficient (Wildman–Crippen LogP) is 4.26. The first-order valence-electron chi connectivity index (χ1n) is 7.66. The summed E-state index contributed by atoms with van der Waals surface area (Å²) in [5.41, 5.74) is 1.33. The minimum absolute atomic E-state index is 0.00936. The molecule has 0 atom stereocenters. The van der Waals surface area contributed by atoms with E-state index in [0.29, 0.717) is 21.6 Å². The second kappa shape index (κ2) is 7.67. The molecule has 0 spiro atoms. The van der Waals surface area contributed by atoms with Gasteiger partial charge in [0.2, 0.25) is 0 Å². The first kappa shape index (κ1) is 18.1. The molecule has 0 aliphatic heterocycles. The van der Waals surface area contributed by atoms with E-state index in [2.05, 4.69) is 11.6 Å². The Kier molecular flexibility index (Phi) is 5.34. The monoisotopic (exact) mass is 385 g/mol. The summed E-state index contributed by atoms with van der Waals surface area (Å²) in [6, 6.07) is 11.9. The van der Waals surface area contributed by atoms with Crippen LogP contribution >= 0.6 is 23.1 Å². The number of fused-ring (bicyclic) bond motifs is 1. The van der Waals surface area contributed by atoms with Crippen molar-refractivity contribution in [1.29, 1.82) is 0 Å². The van der Waals surface area contributed by atoms with Crippen LogP contribution in [0.2, 0.25) is 0 Å². The maximum Gasteiger partial charge on any atom is 0.280 e. The van der Waals surface area contributed by atoms with E-state index in [1.54, 1.807) is 24.3 Å². The van der Waals surface area contributed by atoms with Crippen molar-refractivity contribution in [1.82, 2.24) is 4.57 Å². The number of benzene rings is 2. The molecule has 1 amide bonds. The van der Waals surface area contributed by atoms with Gasteiger partial charge in [-0.25, -0.2) is 0 Å². The Labute approximate surface area is 157 Å². The number of nitro benzene ring substituents is 1. The Bertz CT molecular complexity index is 1080. The number of thiazole rings is 1. The molecule has 6 nitrogen and oxygen atoms in total. The van der Waals surface area contributed by atoms with Crippen LogP contribution in [0.15, 0.2) is 65.0 Å². The zero-order valence-corrected chi connectivity index (χ0v) is 15.5. The lowest BCUT2D eigenvalue weighted by Gasteiger charge is -2.03. The Morgan fingerprint density at radius 2 is 2.15 bits per heavy atom. The van der Waals surface area contributed by atoms with Gasteiger partial charge < -0.3 is 4.57 Å². The molecule has 0 saturated heterocycles. The molecule has 0 aliphatic carbocycles. The van der Waals surface area contributed by atoms with Crippen molar-refractivity contribution in [3.63, 3.8) is 0 Å². The first-order valence-corrected chi connectivity index (χ1v) is 9.70. The SMILES string of the molecule is C=CCn1c(=NC(=O)c2ccccc2SC)sc2cc([N+](=O)[O-])ccc21. The number of hydrogen-bond donors (Lipinski definition) is 0. The summed E-state index contributed by atoms with van der Waals surface area (Å²) in [6.45, 7) is 4.19. The second-order valence-corrected chi connectivity index (χ2v) is 7.17. The molecule has 0 saturated carbocycles. The third kappa shape index (κ3) is 3.47. The van der Waals surface area contributed by atoms with Crippen LogP contribution in [0.3, 0.4) is 0 Å². The average Bonchev–Trinajstić information content (AvgIpc) is 2.98. The molecule has 3 aromatic rings. The zero-order chi connectivity index (χ0) is 18.7. The van der Waals surface area contributed by atoms with Gasteiger partial charge in [0.1, 0.15) is 0 Å². The largest absolute Gasteiger partial charge is 0.312 e. The van der Waals surface area contributed by atoms with Gasteiger partial charge in [-0.3, -0.25) is 14.9 Å². The predicted molar refractivity (Wildman–Crippen MR) is 105 cm³/mol. The second-order valence-electron chi connectivity index (χ2n) is 5.31. The Morgan fingerprint density at radius 3 is 2.85 bits per heavy atom. The number of carbonyl (C=O) groups excluding carboxylic acids is 1. The maximum atomic E-state index is 12.7. The molecule has 0 N–H and O–H groups in total. The number of nitro groups is 1. The van der Waals surface area contributed by atoms with Crippen LogP contribution in [-0.4, -0.2) is 21.7 Å². The lowest BCUT2D eigenvalue weighted by Crippen LogP contribution is -2.16. The van der Waals surface area contributed by atoms with Crippen molar-refractivity contribution in [3.05, 3.63) is 75.6 Å². The summed E-state index contributed by atoms with van der Waals surface area (Å²) in [4.78, 5) is 28.9. The fourth-order valence-corrected chi connectivity index (χ4v) is 4.20. The standard InChI is InChI=1S/C18H15N3O3S2/c1-3-10-20-14-9-8-12(21(23)24)11-16(14)26-18(20)19-17(22)13-6-4-5-7-15(13)25-2/h3-9,11H,1,10H2,2H3. The highest BCUT2D eigenvalue weighted by Gasteiger charge is 2.14. The molecule has 0 unspecified atom stereocenters. The average molecular weight is 385 g/mol. The summed E-state index contributed by atoms with van der Waals surface area (Å²) in [5, 5.41) is 11.0. The Balaban J connectivity index is 2.17. The highest BCUT2D eigenvalue weighted by molar-refractivity contribution is 7.98. The number of allylic oxidation sites excluding steroid dienone is 1. The molecular formula is C18H15N3O3S2. The minimum Gasteiger partial charge on any atom is -0.312 e. The highest BCUT2D eigenvalue weighted by atomic mass is 32.2. The van der Waals surface area contributed by atoms with Gasteiger partial charge >= 0.3 is 0 Å². The summed E-state index contributed by atoms with van der Waals surface area (Å²) in [7, 11) is 0. The van der Waals surface area contributed by atoms with Gasteiger partial charge in [0.15, 0.2) is 4.80 Å². The van der Waals surface area contributed by atoms with Gasteiger partial charge in [-0.05, 0) is 24.5 Å². The zero-order valence-electron chi connectivity index (χ0n) is 13.9. The van der Waals surface area contributed by atoms with Crippen molar-refractivity contribution in [3.8, 4) is 0 Å². The normalized spacial score (nSPS) is 11.7. The van der Waals surface area contributed by atoms with E-state index >= 15 is 0 Å². The molecule has 0 bridgehead atoms. The summed E-state index contributed by atoms with van der Waals surface area (Å²) >= 11 is 2.73. The molecule has 132 valence electrons. The fourth-order valence-electron chi connectivity index (χ4n) is 2.53. The maximum absolute atomic E-state index is 12.7. The van der Waals surface area contributed by atoms with E-state index in [4.69, 9.17) is 0 Å². The molecule has 3 rings (SSSR count). The topological polar surface area (TPSA) is 77.5 Å². The van der Waals surface area contributed by atoms with Crippen LogP contribution in [0, 0.1) is 10.1 Å². The lowest BCUT2D eigenvalue weighted by molar-refractivity contribution is -0.384. The number of aromatic nitrogens is 1. The molecule has 0 radical (unpaired) electrons. The van der Waals surface area contributed by atoms with E-state index in [1.807, 2.05) is 23.0 Å². The summed E-state index contributed by atoms with van der Waals surface area (Å²) in [5.74, 6) is -0.339. The van der Waals surface area contributed by atoms with Crippen molar-refractivity contribution in [2.45, 2.75) is 11.4 Å². The van der Waals surface area contributed by atoms with Gasteiger partial charge in [0.05, 0.1) is 20.7 Å². The van der Waals surface area contributed by atoms with E-state index < -0.39 is 4.92 Å². The fraction of sp³-hybridized carbons (Fsp3) is 0.111. The van der Waals surface area contributed by atoms with Gasteiger partial charge in [-0.2, -0.15) is 4.99 Å². The number of hydrogen-bond acceptors (Lipinski definition) is 5. The lowest BCUT2D eigenvalue weighted by atomic mass is 10.2. The van der Waals surface area contributed by atoms with Crippen LogP contribution < -0.4 is 4.80 Å². The molecule has 26 heavy (non-hydrogen) atoms. The van der Waals surface area contributed by atoms with E-state index in [0.717, 1.165) is 10.4 Å². The summed E-state index contributed by atoms with van der Waals surface area (Å²) in [6.07, 6.45) is 3.61. The number of thioether (sulfide) groups is 1. The van der Waals surface area contributed by atoms with Crippen LogP contribution in [0.5, 0.6) is 0 Å².